The minimum absolute atomic E-state index is 0.215. The van der Waals surface area contributed by atoms with E-state index in [1.807, 2.05) is 0 Å². The summed E-state index contributed by atoms with van der Waals surface area (Å²) < 4.78 is 36.7. The van der Waals surface area contributed by atoms with Crippen LogP contribution < -0.4 is 5.34 Å². The van der Waals surface area contributed by atoms with Gasteiger partial charge in [-0.3, -0.25) is 0 Å². The molecule has 0 atom stereocenters. The smallest absolute Gasteiger partial charge is 0.142 e. The highest BCUT2D eigenvalue weighted by Crippen LogP contribution is 2.30. The van der Waals surface area contributed by atoms with Gasteiger partial charge in [0.05, 0.1) is 4.47 Å². The Kier molecular flexibility index (Phi) is 2.62. The van der Waals surface area contributed by atoms with E-state index in [9.17, 15) is 13.4 Å². The minimum atomic E-state index is -1.13. The Bertz CT molecular complexity index is 301. The fourth-order valence-corrected chi connectivity index (χ4v) is 1.35. The zero-order chi connectivity index (χ0) is 9.30. The van der Waals surface area contributed by atoms with Crippen LogP contribution in [-0.2, 0) is 0 Å². The fourth-order valence-electron chi connectivity index (χ4n) is 0.766. The Morgan fingerprint density at radius 3 is 2.42 bits per heavy atom. The first-order valence-corrected chi connectivity index (χ1v) is 3.89. The standard InChI is InChI=1S/C7H5BrF3N/c1-4-2-3-5(12(10)11)6(8)7(4)9/h2-3H,1H3. The zero-order valence-electron chi connectivity index (χ0n) is 6.11. The molecule has 5 heteroatoms. The highest BCUT2D eigenvalue weighted by Gasteiger charge is 2.13. The number of rotatable bonds is 1. The van der Waals surface area contributed by atoms with Crippen molar-refractivity contribution in [2.75, 3.05) is 5.34 Å². The lowest BCUT2D eigenvalue weighted by Gasteiger charge is -2.06. The predicted molar refractivity (Wildman–Crippen MR) is 43.5 cm³/mol. The maximum Gasteiger partial charge on any atom is 0.142 e. The van der Waals surface area contributed by atoms with Crippen molar-refractivity contribution in [3.63, 3.8) is 0 Å². The van der Waals surface area contributed by atoms with Crippen LogP contribution in [0.2, 0.25) is 0 Å². The van der Waals surface area contributed by atoms with Crippen LogP contribution in [0, 0.1) is 12.7 Å². The molecule has 0 aliphatic carbocycles. The number of aryl methyl sites for hydroxylation is 1. The molecule has 0 fully saturated rings. The van der Waals surface area contributed by atoms with Crippen LogP contribution in [-0.4, -0.2) is 0 Å². The summed E-state index contributed by atoms with van der Waals surface area (Å²) in [5, 5.41) is -1.13. The molecule has 1 aromatic carbocycles. The van der Waals surface area contributed by atoms with E-state index in [1.54, 1.807) is 0 Å². The van der Waals surface area contributed by atoms with Gasteiger partial charge in [-0.25, -0.2) is 4.39 Å². The molecule has 0 saturated carbocycles. The van der Waals surface area contributed by atoms with E-state index in [-0.39, 0.29) is 4.47 Å². The molecule has 0 amide bonds. The number of hydrogen-bond acceptors (Lipinski definition) is 1. The van der Waals surface area contributed by atoms with E-state index in [2.05, 4.69) is 15.9 Å². The molecule has 1 nitrogen and oxygen atoms in total. The van der Waals surface area contributed by atoms with Crippen LogP contribution in [0.4, 0.5) is 19.0 Å². The van der Waals surface area contributed by atoms with Gasteiger partial charge in [0.1, 0.15) is 11.5 Å². The van der Waals surface area contributed by atoms with E-state index in [0.717, 1.165) is 6.07 Å². The molecule has 1 rings (SSSR count). The second-order valence-corrected chi connectivity index (χ2v) is 3.06. The van der Waals surface area contributed by atoms with E-state index in [4.69, 9.17) is 0 Å². The summed E-state index contributed by atoms with van der Waals surface area (Å²) in [6.07, 6.45) is 0. The number of benzene rings is 1. The highest BCUT2D eigenvalue weighted by molar-refractivity contribution is 9.10. The minimum Gasteiger partial charge on any atom is -0.205 e. The quantitative estimate of drug-likeness (QED) is 0.679. The monoisotopic (exact) mass is 239 g/mol. The lowest BCUT2D eigenvalue weighted by Crippen LogP contribution is -1.99. The molecule has 0 radical (unpaired) electrons. The van der Waals surface area contributed by atoms with Gasteiger partial charge in [0, 0.05) is 0 Å². The molecule has 66 valence electrons. The Balaban J connectivity index is 3.27. The summed E-state index contributed by atoms with van der Waals surface area (Å²) in [4.78, 5) is 0. The van der Waals surface area contributed by atoms with Gasteiger partial charge in [-0.1, -0.05) is 15.0 Å². The van der Waals surface area contributed by atoms with Crippen molar-refractivity contribution in [1.29, 1.82) is 0 Å². The number of hydrogen-bond donors (Lipinski definition) is 0. The van der Waals surface area contributed by atoms with Crippen LogP contribution in [0.3, 0.4) is 0 Å². The number of anilines is 1. The second kappa shape index (κ2) is 3.35. The molecule has 0 heterocycles. The van der Waals surface area contributed by atoms with Crippen LogP contribution in [0.25, 0.3) is 0 Å². The molecule has 0 N–H and O–H groups in total. The first-order valence-electron chi connectivity index (χ1n) is 3.10. The average molecular weight is 240 g/mol. The lowest BCUT2D eigenvalue weighted by molar-refractivity contribution is 0.234. The highest BCUT2D eigenvalue weighted by atomic mass is 79.9. The lowest BCUT2D eigenvalue weighted by atomic mass is 10.2. The molecular formula is C7H5BrF3N. The molecule has 0 aliphatic rings. The van der Waals surface area contributed by atoms with Crippen molar-refractivity contribution < 1.29 is 13.4 Å². The Morgan fingerprint density at radius 2 is 1.92 bits per heavy atom. The molecule has 0 unspecified atom stereocenters. The van der Waals surface area contributed by atoms with Crippen molar-refractivity contribution in [2.24, 2.45) is 0 Å². The number of halogens is 4. The van der Waals surface area contributed by atoms with Crippen LogP contribution in [0.15, 0.2) is 16.6 Å². The average Bonchev–Trinajstić information content (AvgIpc) is 2.00. The van der Waals surface area contributed by atoms with Crippen LogP contribution in [0.5, 0.6) is 0 Å². The summed E-state index contributed by atoms with van der Waals surface area (Å²) in [5.41, 5.74) is -0.148. The van der Waals surface area contributed by atoms with Gasteiger partial charge in [0.15, 0.2) is 0 Å². The SMILES string of the molecule is Cc1ccc(N(F)F)c(Br)c1F. The third kappa shape index (κ3) is 1.55. The van der Waals surface area contributed by atoms with Crippen molar-refractivity contribution in [1.82, 2.24) is 0 Å². The summed E-state index contributed by atoms with van der Waals surface area (Å²) >= 11 is 2.73. The largest absolute Gasteiger partial charge is 0.205 e. The molecule has 1 aromatic rings. The van der Waals surface area contributed by atoms with Gasteiger partial charge >= 0.3 is 0 Å². The van der Waals surface area contributed by atoms with E-state index < -0.39 is 16.8 Å². The van der Waals surface area contributed by atoms with Gasteiger partial charge in [-0.05, 0) is 39.8 Å². The van der Waals surface area contributed by atoms with Gasteiger partial charge in [0.25, 0.3) is 0 Å². The van der Waals surface area contributed by atoms with Crippen molar-refractivity contribution in [3.05, 3.63) is 28.0 Å². The number of nitrogens with zero attached hydrogens (tertiary/aromatic N) is 1. The van der Waals surface area contributed by atoms with Gasteiger partial charge < -0.3 is 0 Å². The van der Waals surface area contributed by atoms with Crippen molar-refractivity contribution >= 4 is 21.6 Å². The molecule has 0 bridgehead atoms. The van der Waals surface area contributed by atoms with E-state index >= 15 is 0 Å². The molecular weight excluding hydrogens is 235 g/mol. The Hall–Kier alpha value is -0.710. The first-order chi connectivity index (χ1) is 5.54. The molecule has 0 aliphatic heterocycles. The summed E-state index contributed by atoms with van der Waals surface area (Å²) in [6, 6.07) is 2.43. The zero-order valence-corrected chi connectivity index (χ0v) is 7.70. The molecule has 0 aromatic heterocycles. The van der Waals surface area contributed by atoms with Crippen LogP contribution in [0.1, 0.15) is 5.56 Å². The van der Waals surface area contributed by atoms with Crippen LogP contribution >= 0.6 is 15.9 Å². The molecule has 0 spiro atoms. The van der Waals surface area contributed by atoms with Gasteiger partial charge in [-0.2, -0.15) is 0 Å². The van der Waals surface area contributed by atoms with E-state index in [1.165, 1.54) is 13.0 Å². The van der Waals surface area contributed by atoms with Crippen molar-refractivity contribution in [3.8, 4) is 0 Å². The Morgan fingerprint density at radius 1 is 1.33 bits per heavy atom. The molecule has 12 heavy (non-hydrogen) atoms. The second-order valence-electron chi connectivity index (χ2n) is 2.26. The predicted octanol–water partition coefficient (Wildman–Crippen LogP) is 3.47. The maximum absolute atomic E-state index is 12.9. The third-order valence-corrected chi connectivity index (χ3v) is 2.19. The Labute approximate surface area is 75.8 Å². The van der Waals surface area contributed by atoms with Gasteiger partial charge in [-0.15, -0.1) is 0 Å². The third-order valence-electron chi connectivity index (χ3n) is 1.44. The van der Waals surface area contributed by atoms with E-state index in [0.29, 0.717) is 5.56 Å². The maximum atomic E-state index is 12.9. The van der Waals surface area contributed by atoms with Crippen molar-refractivity contribution in [2.45, 2.75) is 6.92 Å². The summed E-state index contributed by atoms with van der Waals surface area (Å²) in [6.45, 7) is 1.50. The summed E-state index contributed by atoms with van der Waals surface area (Å²) in [5.74, 6) is -0.659. The topological polar surface area (TPSA) is 3.24 Å². The molecule has 0 saturated heterocycles. The summed E-state index contributed by atoms with van der Waals surface area (Å²) in [7, 11) is 0. The first kappa shape index (κ1) is 9.38. The fraction of sp³-hybridized carbons (Fsp3) is 0.143. The van der Waals surface area contributed by atoms with Gasteiger partial charge in [0.2, 0.25) is 0 Å². The normalized spacial score (nSPS) is 10.1.